The van der Waals surface area contributed by atoms with Crippen LogP contribution in [0.2, 0.25) is 0 Å². The summed E-state index contributed by atoms with van der Waals surface area (Å²) in [5, 5.41) is 11.6. The zero-order chi connectivity index (χ0) is 14.8. The van der Waals surface area contributed by atoms with E-state index in [0.29, 0.717) is 12.1 Å². The minimum absolute atomic E-state index is 0.00246. The Bertz CT molecular complexity index is 668. The number of nitrogen functional groups attached to an aromatic ring is 1. The first-order valence-electron chi connectivity index (χ1n) is 6.01. The highest BCUT2D eigenvalue weighted by Crippen LogP contribution is 2.19. The molecule has 1 amide bonds. The lowest BCUT2D eigenvalue weighted by molar-refractivity contribution is -0.122. The molecule has 1 aliphatic rings. The van der Waals surface area contributed by atoms with Crippen molar-refractivity contribution in [1.82, 2.24) is 10.0 Å². The predicted octanol–water partition coefficient (Wildman–Crippen LogP) is -0.303. The number of amides is 1. The van der Waals surface area contributed by atoms with E-state index in [1.54, 1.807) is 0 Å². The van der Waals surface area contributed by atoms with Crippen molar-refractivity contribution in [3.05, 3.63) is 23.8 Å². The standard InChI is InChI=1S/C12H14N4O3S/c13-6-8-5-9(14)1-3-11(8)20(18,19)16-10-2-4-12(17)15-7-10/h1,3,5,10,16H,2,4,7,14H2,(H,15,17). The Morgan fingerprint density at radius 3 is 2.80 bits per heavy atom. The molecule has 20 heavy (non-hydrogen) atoms. The number of benzene rings is 1. The SMILES string of the molecule is N#Cc1cc(N)ccc1S(=O)(=O)NC1CCC(=O)NC1. The van der Waals surface area contributed by atoms with Gasteiger partial charge in [0, 0.05) is 24.7 Å². The third-order valence-electron chi connectivity index (χ3n) is 3.00. The molecular weight excluding hydrogens is 280 g/mol. The Morgan fingerprint density at radius 1 is 1.45 bits per heavy atom. The molecule has 1 saturated heterocycles. The smallest absolute Gasteiger partial charge is 0.242 e. The number of nitrogens with zero attached hydrogens (tertiary/aromatic N) is 1. The van der Waals surface area contributed by atoms with Crippen molar-refractivity contribution in [3.8, 4) is 6.07 Å². The first-order valence-corrected chi connectivity index (χ1v) is 7.49. The Kier molecular flexibility index (Phi) is 3.92. The number of carbonyl (C=O) groups is 1. The van der Waals surface area contributed by atoms with E-state index >= 15 is 0 Å². The van der Waals surface area contributed by atoms with Crippen molar-refractivity contribution in [3.63, 3.8) is 0 Å². The number of nitrogens with two attached hydrogens (primary N) is 1. The summed E-state index contributed by atoms with van der Waals surface area (Å²) in [4.78, 5) is 10.9. The number of nitrogens with one attached hydrogen (secondary N) is 2. The molecule has 0 spiro atoms. The maximum Gasteiger partial charge on any atom is 0.242 e. The number of sulfonamides is 1. The molecule has 1 aromatic rings. The molecule has 1 heterocycles. The van der Waals surface area contributed by atoms with E-state index in [1.807, 2.05) is 6.07 Å². The maximum atomic E-state index is 12.3. The molecule has 2 rings (SSSR count). The van der Waals surface area contributed by atoms with Gasteiger partial charge >= 0.3 is 0 Å². The molecule has 1 unspecified atom stereocenters. The molecule has 7 nitrogen and oxygen atoms in total. The summed E-state index contributed by atoms with van der Waals surface area (Å²) in [6.07, 6.45) is 0.710. The minimum atomic E-state index is -3.82. The highest BCUT2D eigenvalue weighted by atomic mass is 32.2. The van der Waals surface area contributed by atoms with Crippen LogP contribution >= 0.6 is 0 Å². The van der Waals surface area contributed by atoms with Crippen LogP contribution in [0.25, 0.3) is 0 Å². The van der Waals surface area contributed by atoms with Crippen LogP contribution < -0.4 is 15.8 Å². The number of hydrogen-bond donors (Lipinski definition) is 3. The summed E-state index contributed by atoms with van der Waals surface area (Å²) in [5.41, 5.74) is 5.85. The third kappa shape index (κ3) is 3.07. The fourth-order valence-corrected chi connectivity index (χ4v) is 3.39. The molecule has 1 aromatic carbocycles. The van der Waals surface area contributed by atoms with E-state index in [9.17, 15) is 13.2 Å². The van der Waals surface area contributed by atoms with Gasteiger partial charge < -0.3 is 11.1 Å². The molecule has 1 aliphatic heterocycles. The van der Waals surface area contributed by atoms with Crippen LogP contribution in [0.4, 0.5) is 5.69 Å². The van der Waals surface area contributed by atoms with Crippen LogP contribution in [0.15, 0.2) is 23.1 Å². The molecule has 0 aromatic heterocycles. The number of rotatable bonds is 3. The van der Waals surface area contributed by atoms with E-state index in [0.717, 1.165) is 0 Å². The first kappa shape index (κ1) is 14.3. The molecule has 0 saturated carbocycles. The lowest BCUT2D eigenvalue weighted by Gasteiger charge is -2.23. The van der Waals surface area contributed by atoms with Gasteiger partial charge in [0.15, 0.2) is 0 Å². The number of hydrogen-bond acceptors (Lipinski definition) is 5. The van der Waals surface area contributed by atoms with Crippen LogP contribution in [-0.2, 0) is 14.8 Å². The van der Waals surface area contributed by atoms with Gasteiger partial charge in [-0.2, -0.15) is 5.26 Å². The van der Waals surface area contributed by atoms with Gasteiger partial charge in [-0.05, 0) is 24.6 Å². The summed E-state index contributed by atoms with van der Waals surface area (Å²) in [5.74, 6) is -0.0920. The van der Waals surface area contributed by atoms with Crippen LogP contribution in [0.3, 0.4) is 0 Å². The van der Waals surface area contributed by atoms with E-state index in [1.165, 1.54) is 18.2 Å². The zero-order valence-electron chi connectivity index (χ0n) is 10.6. The van der Waals surface area contributed by atoms with Gasteiger partial charge in [0.25, 0.3) is 0 Å². The van der Waals surface area contributed by atoms with Gasteiger partial charge in [0.1, 0.15) is 6.07 Å². The zero-order valence-corrected chi connectivity index (χ0v) is 11.4. The van der Waals surface area contributed by atoms with E-state index in [-0.39, 0.29) is 35.4 Å². The second kappa shape index (κ2) is 5.48. The van der Waals surface area contributed by atoms with Gasteiger partial charge in [-0.15, -0.1) is 0 Å². The third-order valence-corrected chi connectivity index (χ3v) is 4.58. The van der Waals surface area contributed by atoms with Gasteiger partial charge in [0.2, 0.25) is 15.9 Å². The van der Waals surface area contributed by atoms with Crippen LogP contribution in [0, 0.1) is 11.3 Å². The van der Waals surface area contributed by atoms with Crippen molar-refractivity contribution in [2.24, 2.45) is 0 Å². The van der Waals surface area contributed by atoms with Crippen molar-refractivity contribution in [2.45, 2.75) is 23.8 Å². The predicted molar refractivity (Wildman–Crippen MR) is 71.9 cm³/mol. The number of anilines is 1. The van der Waals surface area contributed by atoms with Gasteiger partial charge in [-0.25, -0.2) is 13.1 Å². The summed E-state index contributed by atoms with van der Waals surface area (Å²) in [7, 11) is -3.82. The quantitative estimate of drug-likeness (QED) is 0.660. The number of carbonyl (C=O) groups excluding carboxylic acids is 1. The Hall–Kier alpha value is -2.11. The fourth-order valence-electron chi connectivity index (χ4n) is 1.99. The summed E-state index contributed by atoms with van der Waals surface area (Å²) in [6, 6.07) is 5.49. The Balaban J connectivity index is 2.23. The first-order chi connectivity index (χ1) is 9.42. The Morgan fingerprint density at radius 2 is 2.20 bits per heavy atom. The fraction of sp³-hybridized carbons (Fsp3) is 0.333. The summed E-state index contributed by atoms with van der Waals surface area (Å²) >= 11 is 0. The molecular formula is C12H14N4O3S. The monoisotopic (exact) mass is 294 g/mol. The second-order valence-corrected chi connectivity index (χ2v) is 6.21. The molecule has 8 heteroatoms. The molecule has 1 atom stereocenters. The Labute approximate surface area is 116 Å². The van der Waals surface area contributed by atoms with Gasteiger partial charge in [-0.1, -0.05) is 0 Å². The number of nitriles is 1. The van der Waals surface area contributed by atoms with Crippen LogP contribution in [0.5, 0.6) is 0 Å². The van der Waals surface area contributed by atoms with E-state index in [4.69, 9.17) is 11.0 Å². The van der Waals surface area contributed by atoms with Crippen molar-refractivity contribution < 1.29 is 13.2 Å². The molecule has 4 N–H and O–H groups in total. The van der Waals surface area contributed by atoms with Crippen LogP contribution in [-0.4, -0.2) is 26.9 Å². The summed E-state index contributed by atoms with van der Waals surface area (Å²) in [6.45, 7) is 0.245. The molecule has 0 bridgehead atoms. The average Bonchev–Trinajstić information content (AvgIpc) is 2.40. The topological polar surface area (TPSA) is 125 Å². The van der Waals surface area contributed by atoms with E-state index < -0.39 is 10.0 Å². The lowest BCUT2D eigenvalue weighted by Crippen LogP contribution is -2.47. The highest BCUT2D eigenvalue weighted by Gasteiger charge is 2.26. The van der Waals surface area contributed by atoms with Crippen LogP contribution in [0.1, 0.15) is 18.4 Å². The molecule has 0 aliphatic carbocycles. The highest BCUT2D eigenvalue weighted by molar-refractivity contribution is 7.89. The van der Waals surface area contributed by atoms with E-state index in [2.05, 4.69) is 10.0 Å². The largest absolute Gasteiger partial charge is 0.399 e. The minimum Gasteiger partial charge on any atom is -0.399 e. The second-order valence-electron chi connectivity index (χ2n) is 4.53. The average molecular weight is 294 g/mol. The molecule has 0 radical (unpaired) electrons. The van der Waals surface area contributed by atoms with Gasteiger partial charge in [-0.3, -0.25) is 4.79 Å². The van der Waals surface area contributed by atoms with Crippen molar-refractivity contribution in [1.29, 1.82) is 5.26 Å². The van der Waals surface area contributed by atoms with Gasteiger partial charge in [0.05, 0.1) is 10.5 Å². The molecule has 106 valence electrons. The molecule has 1 fully saturated rings. The lowest BCUT2D eigenvalue weighted by atomic mass is 10.1. The number of piperidine rings is 1. The normalized spacial score (nSPS) is 19.1. The maximum absolute atomic E-state index is 12.3. The van der Waals surface area contributed by atoms with Crippen molar-refractivity contribution >= 4 is 21.6 Å². The van der Waals surface area contributed by atoms with Crippen molar-refractivity contribution in [2.75, 3.05) is 12.3 Å². The summed E-state index contributed by atoms with van der Waals surface area (Å²) < 4.78 is 27.0.